The van der Waals surface area contributed by atoms with Crippen molar-refractivity contribution in [1.82, 2.24) is 0 Å². The van der Waals surface area contributed by atoms with E-state index in [4.69, 9.17) is 10.8 Å². The molecular weight excluding hydrogens is 174 g/mol. The van der Waals surface area contributed by atoms with Crippen LogP contribution < -0.4 is 5.73 Å². The Morgan fingerprint density at radius 2 is 2.17 bits per heavy atom. The lowest BCUT2D eigenvalue weighted by molar-refractivity contribution is -0.136. The zero-order valence-electron chi connectivity index (χ0n) is 7.62. The third-order valence-electron chi connectivity index (χ3n) is 1.44. The highest BCUT2D eigenvalue weighted by Crippen LogP contribution is 2.15. The second-order valence-electron chi connectivity index (χ2n) is 3.05. The van der Waals surface area contributed by atoms with Crippen molar-refractivity contribution < 1.29 is 9.90 Å². The molecule has 0 fully saturated rings. The van der Waals surface area contributed by atoms with Gasteiger partial charge in [-0.25, -0.2) is 0 Å². The summed E-state index contributed by atoms with van der Waals surface area (Å²) in [6, 6.07) is 0.217. The molecule has 2 atom stereocenters. The van der Waals surface area contributed by atoms with Crippen LogP contribution in [0, 0.1) is 0 Å². The summed E-state index contributed by atoms with van der Waals surface area (Å²) in [6.45, 7) is 3.89. The molecule has 4 heteroatoms. The average molecular weight is 191 g/mol. The summed E-state index contributed by atoms with van der Waals surface area (Å²) in [5, 5.41) is 8.65. The van der Waals surface area contributed by atoms with E-state index in [1.54, 1.807) is 11.8 Å². The Kier molecular flexibility index (Phi) is 6.20. The molecule has 0 aromatic heterocycles. The Morgan fingerprint density at radius 1 is 1.58 bits per heavy atom. The van der Waals surface area contributed by atoms with Gasteiger partial charge in [0.05, 0.1) is 6.42 Å². The fourth-order valence-corrected chi connectivity index (χ4v) is 1.93. The maximum atomic E-state index is 10.3. The average Bonchev–Trinajstić information content (AvgIpc) is 1.84. The topological polar surface area (TPSA) is 63.3 Å². The van der Waals surface area contributed by atoms with Crippen molar-refractivity contribution in [2.45, 2.75) is 38.0 Å². The van der Waals surface area contributed by atoms with Crippen LogP contribution in [0.4, 0.5) is 0 Å². The highest BCUT2D eigenvalue weighted by Gasteiger charge is 2.07. The van der Waals surface area contributed by atoms with Crippen LogP contribution in [0.15, 0.2) is 0 Å². The van der Waals surface area contributed by atoms with Crippen molar-refractivity contribution in [2.75, 3.05) is 5.75 Å². The van der Waals surface area contributed by atoms with Crippen LogP contribution in [-0.2, 0) is 4.79 Å². The van der Waals surface area contributed by atoms with Gasteiger partial charge in [0.15, 0.2) is 0 Å². The van der Waals surface area contributed by atoms with E-state index in [-0.39, 0.29) is 17.7 Å². The van der Waals surface area contributed by atoms with Gasteiger partial charge in [0.25, 0.3) is 0 Å². The number of rotatable bonds is 6. The summed E-state index contributed by atoms with van der Waals surface area (Å²) >= 11 is 1.67. The van der Waals surface area contributed by atoms with Gasteiger partial charge in [-0.1, -0.05) is 6.92 Å². The van der Waals surface area contributed by atoms with Crippen LogP contribution in [0.2, 0.25) is 0 Å². The molecule has 0 radical (unpaired) electrons. The van der Waals surface area contributed by atoms with Crippen LogP contribution in [0.1, 0.15) is 26.7 Å². The molecule has 3 N–H and O–H groups in total. The minimum absolute atomic E-state index is 0.196. The van der Waals surface area contributed by atoms with E-state index in [0.717, 1.165) is 12.2 Å². The Hall–Kier alpha value is -0.220. The van der Waals surface area contributed by atoms with E-state index >= 15 is 0 Å². The molecular formula is C8H17NO2S. The van der Waals surface area contributed by atoms with Crippen molar-refractivity contribution in [3.8, 4) is 0 Å². The Bertz CT molecular complexity index is 139. The molecule has 0 amide bonds. The number of thioether (sulfide) groups is 1. The zero-order valence-corrected chi connectivity index (χ0v) is 8.43. The van der Waals surface area contributed by atoms with Gasteiger partial charge in [-0.15, -0.1) is 0 Å². The monoisotopic (exact) mass is 191 g/mol. The van der Waals surface area contributed by atoms with Crippen molar-refractivity contribution in [2.24, 2.45) is 5.73 Å². The maximum Gasteiger partial charge on any atom is 0.304 e. The second kappa shape index (κ2) is 6.31. The standard InChI is InChI=1S/C8H17NO2S/c1-6(9)3-4-12-7(2)5-8(10)11/h6-7H,3-5,9H2,1-2H3,(H,10,11). The molecule has 0 saturated carbocycles. The van der Waals surface area contributed by atoms with Crippen molar-refractivity contribution in [1.29, 1.82) is 0 Å². The number of nitrogens with two attached hydrogens (primary N) is 1. The van der Waals surface area contributed by atoms with Crippen molar-refractivity contribution in [3.63, 3.8) is 0 Å². The minimum Gasteiger partial charge on any atom is -0.481 e. The van der Waals surface area contributed by atoms with Gasteiger partial charge in [0.1, 0.15) is 0 Å². The highest BCUT2D eigenvalue weighted by atomic mass is 32.2. The summed E-state index contributed by atoms with van der Waals surface area (Å²) in [5.74, 6) is 0.224. The van der Waals surface area contributed by atoms with Gasteiger partial charge >= 0.3 is 5.97 Å². The number of aliphatic carboxylic acids is 1. The normalized spacial score (nSPS) is 15.6. The largest absolute Gasteiger partial charge is 0.481 e. The van der Waals surface area contributed by atoms with Crippen molar-refractivity contribution >= 4 is 17.7 Å². The molecule has 0 aliphatic heterocycles. The van der Waals surface area contributed by atoms with Gasteiger partial charge in [-0.2, -0.15) is 11.8 Å². The fraction of sp³-hybridized carbons (Fsp3) is 0.875. The molecule has 0 aliphatic rings. The summed E-state index contributed by atoms with van der Waals surface area (Å²) in [4.78, 5) is 10.3. The quantitative estimate of drug-likeness (QED) is 0.664. The van der Waals surface area contributed by atoms with E-state index in [1.165, 1.54) is 0 Å². The van der Waals surface area contributed by atoms with Crippen LogP contribution in [0.25, 0.3) is 0 Å². The second-order valence-corrected chi connectivity index (χ2v) is 4.59. The molecule has 0 bridgehead atoms. The minimum atomic E-state index is -0.726. The first-order valence-corrected chi connectivity index (χ1v) is 5.16. The van der Waals surface area contributed by atoms with Crippen LogP contribution in [-0.4, -0.2) is 28.1 Å². The number of carboxylic acid groups (broad SMARTS) is 1. The number of carboxylic acids is 1. The first-order chi connectivity index (χ1) is 5.52. The molecule has 12 heavy (non-hydrogen) atoms. The van der Waals surface area contributed by atoms with Gasteiger partial charge in [-0.05, 0) is 19.1 Å². The Labute approximate surface area is 77.7 Å². The van der Waals surface area contributed by atoms with E-state index in [0.29, 0.717) is 0 Å². The summed E-state index contributed by atoms with van der Waals surface area (Å²) in [5.41, 5.74) is 5.55. The van der Waals surface area contributed by atoms with Gasteiger partial charge in [-0.3, -0.25) is 4.79 Å². The third-order valence-corrected chi connectivity index (χ3v) is 2.64. The van der Waals surface area contributed by atoms with Crippen LogP contribution in [0.5, 0.6) is 0 Å². The predicted molar refractivity (Wildman–Crippen MR) is 52.4 cm³/mol. The Morgan fingerprint density at radius 3 is 2.58 bits per heavy atom. The molecule has 0 spiro atoms. The molecule has 0 aromatic carbocycles. The van der Waals surface area contributed by atoms with Crippen molar-refractivity contribution in [3.05, 3.63) is 0 Å². The molecule has 2 unspecified atom stereocenters. The molecule has 0 saturated heterocycles. The van der Waals surface area contributed by atoms with E-state index in [2.05, 4.69) is 0 Å². The molecule has 3 nitrogen and oxygen atoms in total. The zero-order chi connectivity index (χ0) is 9.56. The smallest absolute Gasteiger partial charge is 0.304 e. The molecule has 0 aromatic rings. The SMILES string of the molecule is CC(N)CCSC(C)CC(=O)O. The predicted octanol–water partition coefficient (Wildman–Crippen LogP) is 1.32. The number of hydrogen-bond donors (Lipinski definition) is 2. The fourth-order valence-electron chi connectivity index (χ4n) is 0.760. The van der Waals surface area contributed by atoms with Gasteiger partial charge < -0.3 is 10.8 Å². The lowest BCUT2D eigenvalue weighted by Crippen LogP contribution is -2.16. The van der Waals surface area contributed by atoms with Crippen LogP contribution >= 0.6 is 11.8 Å². The van der Waals surface area contributed by atoms with Crippen LogP contribution in [0.3, 0.4) is 0 Å². The summed E-state index contributed by atoms with van der Waals surface area (Å²) in [7, 11) is 0. The number of carbonyl (C=O) groups is 1. The Balaban J connectivity index is 3.31. The first-order valence-electron chi connectivity index (χ1n) is 4.11. The first kappa shape index (κ1) is 11.8. The van der Waals surface area contributed by atoms with Gasteiger partial charge in [0.2, 0.25) is 0 Å². The molecule has 0 aliphatic carbocycles. The summed E-state index contributed by atoms with van der Waals surface area (Å²) in [6.07, 6.45) is 1.19. The van der Waals surface area contributed by atoms with E-state index in [9.17, 15) is 4.79 Å². The highest BCUT2D eigenvalue weighted by molar-refractivity contribution is 7.99. The number of hydrogen-bond acceptors (Lipinski definition) is 3. The van der Waals surface area contributed by atoms with Gasteiger partial charge in [0, 0.05) is 11.3 Å². The summed E-state index contributed by atoms with van der Waals surface area (Å²) < 4.78 is 0. The third kappa shape index (κ3) is 7.88. The molecule has 0 rings (SSSR count). The maximum absolute atomic E-state index is 10.3. The lowest BCUT2D eigenvalue weighted by atomic mass is 10.3. The molecule has 0 heterocycles. The lowest BCUT2D eigenvalue weighted by Gasteiger charge is -2.09. The molecule has 72 valence electrons. The van der Waals surface area contributed by atoms with E-state index in [1.807, 2.05) is 13.8 Å². The van der Waals surface area contributed by atoms with E-state index < -0.39 is 5.97 Å².